The van der Waals surface area contributed by atoms with Gasteiger partial charge < -0.3 is 0 Å². The van der Waals surface area contributed by atoms with Gasteiger partial charge >= 0.3 is 0 Å². The summed E-state index contributed by atoms with van der Waals surface area (Å²) >= 11 is 0. The van der Waals surface area contributed by atoms with E-state index in [1.165, 1.54) is 97.6 Å². The molecule has 0 aliphatic heterocycles. The van der Waals surface area contributed by atoms with Crippen LogP contribution in [0.25, 0.3) is 0 Å². The topological polar surface area (TPSA) is 0 Å². The minimum absolute atomic E-state index is 1.17. The summed E-state index contributed by atoms with van der Waals surface area (Å²) in [7, 11) is 0. The highest BCUT2D eigenvalue weighted by Crippen LogP contribution is 2.15. The van der Waals surface area contributed by atoms with Crippen LogP contribution in [0.2, 0.25) is 0 Å². The van der Waals surface area contributed by atoms with E-state index in [2.05, 4.69) is 91.8 Å². The Kier molecular flexibility index (Phi) is 17.3. The molecule has 0 aliphatic rings. The first-order valence-electron chi connectivity index (χ1n) is 12.1. The summed E-state index contributed by atoms with van der Waals surface area (Å²) in [6.07, 6.45) is 26.2. The van der Waals surface area contributed by atoms with Crippen molar-refractivity contribution in [3.63, 3.8) is 0 Å². The van der Waals surface area contributed by atoms with Crippen LogP contribution in [0.4, 0.5) is 0 Å². The molecular formula is C30H50. The molecule has 0 amide bonds. The zero-order valence-corrected chi connectivity index (χ0v) is 21.5. The first kappa shape index (κ1) is 28.4. The maximum Gasteiger partial charge on any atom is -0.0288 e. The molecule has 0 unspecified atom stereocenters. The van der Waals surface area contributed by atoms with Gasteiger partial charge in [-0.05, 0) is 120 Å². The molecule has 0 aromatic heterocycles. The lowest BCUT2D eigenvalue weighted by molar-refractivity contribution is 0.888. The molecule has 0 N–H and O–H groups in total. The molecule has 0 atom stereocenters. The molecule has 170 valence electrons. The summed E-state index contributed by atoms with van der Waals surface area (Å²) in [6.45, 7) is 17.8. The fourth-order valence-corrected chi connectivity index (χ4v) is 3.34. The molecule has 0 aliphatic carbocycles. The monoisotopic (exact) mass is 410 g/mol. The van der Waals surface area contributed by atoms with Crippen LogP contribution in [0.1, 0.15) is 120 Å². The Morgan fingerprint density at radius 2 is 0.567 bits per heavy atom. The number of unbranched alkanes of at least 4 members (excludes halogenated alkanes) is 1. The number of rotatable bonds is 15. The van der Waals surface area contributed by atoms with Crippen LogP contribution < -0.4 is 0 Å². The van der Waals surface area contributed by atoms with Crippen molar-refractivity contribution in [1.82, 2.24) is 0 Å². The molecule has 0 aromatic rings. The lowest BCUT2D eigenvalue weighted by Crippen LogP contribution is -1.83. The van der Waals surface area contributed by atoms with Gasteiger partial charge in [0.2, 0.25) is 0 Å². The highest BCUT2D eigenvalue weighted by Gasteiger charge is 1.94. The fourth-order valence-electron chi connectivity index (χ4n) is 3.34. The molecule has 0 nitrogen and oxygen atoms in total. The zero-order valence-electron chi connectivity index (χ0n) is 21.5. The fraction of sp³-hybridized carbons (Fsp3) is 0.600. The lowest BCUT2D eigenvalue weighted by atomic mass is 10.0. The number of hydrogen-bond acceptors (Lipinski definition) is 0. The minimum Gasteiger partial charge on any atom is -0.0856 e. The normalized spacial score (nSPS) is 13.5. The van der Waals surface area contributed by atoms with Crippen molar-refractivity contribution in [3.8, 4) is 0 Å². The summed E-state index contributed by atoms with van der Waals surface area (Å²) in [6, 6.07) is 0. The van der Waals surface area contributed by atoms with Crippen molar-refractivity contribution in [2.24, 2.45) is 0 Å². The largest absolute Gasteiger partial charge is 0.0856 e. The summed E-state index contributed by atoms with van der Waals surface area (Å²) < 4.78 is 0. The van der Waals surface area contributed by atoms with Crippen molar-refractivity contribution in [3.05, 3.63) is 69.9 Å². The van der Waals surface area contributed by atoms with Crippen molar-refractivity contribution >= 4 is 0 Å². The summed E-state index contributed by atoms with van der Waals surface area (Å²) in [5.41, 5.74) is 8.97. The van der Waals surface area contributed by atoms with Crippen LogP contribution in [0, 0.1) is 0 Å². The van der Waals surface area contributed by atoms with Gasteiger partial charge in [0.25, 0.3) is 0 Å². The van der Waals surface area contributed by atoms with Gasteiger partial charge in [-0.1, -0.05) is 69.9 Å². The van der Waals surface area contributed by atoms with Gasteiger partial charge in [0.05, 0.1) is 0 Å². The number of hydrogen-bond donors (Lipinski definition) is 0. The molecule has 30 heavy (non-hydrogen) atoms. The smallest absolute Gasteiger partial charge is 0.0288 e. The van der Waals surface area contributed by atoms with Crippen molar-refractivity contribution in [2.75, 3.05) is 0 Å². The third-order valence-corrected chi connectivity index (χ3v) is 5.40. The van der Waals surface area contributed by atoms with Crippen LogP contribution in [0.15, 0.2) is 69.9 Å². The van der Waals surface area contributed by atoms with E-state index in [0.717, 1.165) is 0 Å². The van der Waals surface area contributed by atoms with E-state index in [1.54, 1.807) is 0 Å². The average molecular weight is 411 g/mol. The van der Waals surface area contributed by atoms with E-state index in [9.17, 15) is 0 Å². The van der Waals surface area contributed by atoms with Crippen molar-refractivity contribution < 1.29 is 0 Å². The van der Waals surface area contributed by atoms with Crippen molar-refractivity contribution in [1.29, 1.82) is 0 Å². The second-order valence-electron chi connectivity index (χ2n) is 9.50. The molecule has 0 spiro atoms. The van der Waals surface area contributed by atoms with Gasteiger partial charge in [0.1, 0.15) is 0 Å². The van der Waals surface area contributed by atoms with Gasteiger partial charge in [0.15, 0.2) is 0 Å². The second-order valence-corrected chi connectivity index (χ2v) is 9.50. The molecule has 0 bridgehead atoms. The molecule has 0 saturated heterocycles. The first-order chi connectivity index (χ1) is 14.2. The van der Waals surface area contributed by atoms with Gasteiger partial charge in [-0.25, -0.2) is 0 Å². The predicted molar refractivity (Wildman–Crippen MR) is 140 cm³/mol. The standard InChI is InChI=1S/C30H50/c1-25(2)15-9-10-17-27(5)19-12-21-29(7)23-14-24-30(8)22-13-20-28(6)18-11-16-26(3)4/h15-17,20-21,24H,9-14,18-19,22-23H2,1-8H3. The quantitative estimate of drug-likeness (QED) is 0.186. The molecule has 0 rings (SSSR count). The Labute approximate surface area is 189 Å². The van der Waals surface area contributed by atoms with E-state index in [-0.39, 0.29) is 0 Å². The van der Waals surface area contributed by atoms with Crippen LogP contribution in [0.5, 0.6) is 0 Å². The molecule has 0 radical (unpaired) electrons. The van der Waals surface area contributed by atoms with Gasteiger partial charge in [-0.3, -0.25) is 0 Å². The van der Waals surface area contributed by atoms with E-state index < -0.39 is 0 Å². The highest BCUT2D eigenvalue weighted by atomic mass is 14.0. The molecular weight excluding hydrogens is 360 g/mol. The first-order valence-corrected chi connectivity index (χ1v) is 12.1. The molecule has 0 fully saturated rings. The molecule has 0 heteroatoms. The van der Waals surface area contributed by atoms with Crippen LogP contribution >= 0.6 is 0 Å². The number of allylic oxidation sites excluding steroid dienone is 12. The Balaban J connectivity index is 4.07. The van der Waals surface area contributed by atoms with Gasteiger partial charge in [-0.2, -0.15) is 0 Å². The van der Waals surface area contributed by atoms with Gasteiger partial charge in [-0.15, -0.1) is 0 Å². The highest BCUT2D eigenvalue weighted by molar-refractivity contribution is 5.08. The van der Waals surface area contributed by atoms with E-state index in [4.69, 9.17) is 0 Å². The lowest BCUT2D eigenvalue weighted by Gasteiger charge is -2.03. The summed E-state index contributed by atoms with van der Waals surface area (Å²) in [4.78, 5) is 0. The Morgan fingerprint density at radius 1 is 0.333 bits per heavy atom. The predicted octanol–water partition coefficient (Wildman–Crippen LogP) is 10.6. The maximum atomic E-state index is 2.44. The van der Waals surface area contributed by atoms with Crippen LogP contribution in [-0.4, -0.2) is 0 Å². The molecule has 0 heterocycles. The Hall–Kier alpha value is -1.56. The van der Waals surface area contributed by atoms with Gasteiger partial charge in [0, 0.05) is 0 Å². The third-order valence-electron chi connectivity index (χ3n) is 5.40. The third kappa shape index (κ3) is 19.7. The van der Waals surface area contributed by atoms with Crippen LogP contribution in [0.3, 0.4) is 0 Å². The average Bonchev–Trinajstić information content (AvgIpc) is 2.64. The Morgan fingerprint density at radius 3 is 0.900 bits per heavy atom. The SMILES string of the molecule is CC(C)=CCCC=C(C)CCC=C(C)CCC=C(C)CCC=C(C)CCC=C(C)C. The Bertz CT molecular complexity index is 636. The van der Waals surface area contributed by atoms with Crippen molar-refractivity contribution in [2.45, 2.75) is 120 Å². The second kappa shape index (κ2) is 18.2. The minimum atomic E-state index is 1.17. The summed E-state index contributed by atoms with van der Waals surface area (Å²) in [5.74, 6) is 0. The zero-order chi connectivity index (χ0) is 22.8. The maximum absolute atomic E-state index is 2.44. The summed E-state index contributed by atoms with van der Waals surface area (Å²) in [5, 5.41) is 0. The van der Waals surface area contributed by atoms with E-state index >= 15 is 0 Å². The van der Waals surface area contributed by atoms with Crippen LogP contribution in [-0.2, 0) is 0 Å². The van der Waals surface area contributed by atoms with E-state index in [0.29, 0.717) is 0 Å². The molecule has 0 saturated carbocycles. The molecule has 0 aromatic carbocycles. The van der Waals surface area contributed by atoms with E-state index in [1.807, 2.05) is 0 Å².